The number of carbonyl (C=O) groups excluding carboxylic acids is 1. The van der Waals surface area contributed by atoms with Crippen molar-refractivity contribution in [3.8, 4) is 0 Å². The molecule has 1 amide bonds. The number of fused-ring (bicyclic) bond motifs is 2. The van der Waals surface area contributed by atoms with Crippen LogP contribution >= 0.6 is 0 Å². The summed E-state index contributed by atoms with van der Waals surface area (Å²) >= 11 is 0. The molecule has 3 aromatic rings. The minimum atomic E-state index is -0.290. The number of hydrogen-bond donors (Lipinski definition) is 1. The average Bonchev–Trinajstić information content (AvgIpc) is 3.11. The zero-order valence-electron chi connectivity index (χ0n) is 15.7. The highest BCUT2D eigenvalue weighted by molar-refractivity contribution is 6.11. The van der Waals surface area contributed by atoms with Crippen LogP contribution in [0.1, 0.15) is 41.9 Å². The van der Waals surface area contributed by atoms with Gasteiger partial charge in [0.05, 0.1) is 5.39 Å². The summed E-state index contributed by atoms with van der Waals surface area (Å²) in [5, 5.41) is 8.47. The molecule has 0 saturated heterocycles. The van der Waals surface area contributed by atoms with Crippen molar-refractivity contribution in [2.24, 2.45) is 5.92 Å². The first-order valence-electron chi connectivity index (χ1n) is 9.46. The normalized spacial score (nSPS) is 13.1. The molecule has 0 spiro atoms. The molecule has 1 aliphatic rings. The smallest absolute Gasteiger partial charge is 0.276 e. The SMILES string of the molecule is CC(C)Cn1nc(C(=O)Nc2ccc3c(c2)CCC3)c2ccccc2c1=O. The van der Waals surface area contributed by atoms with Crippen LogP contribution in [0.25, 0.3) is 10.8 Å². The zero-order valence-corrected chi connectivity index (χ0v) is 15.7. The molecule has 138 valence electrons. The maximum atomic E-state index is 13.0. The molecule has 0 radical (unpaired) electrons. The van der Waals surface area contributed by atoms with Crippen LogP contribution in [0.3, 0.4) is 0 Å². The lowest BCUT2D eigenvalue weighted by atomic mass is 10.1. The number of anilines is 1. The van der Waals surface area contributed by atoms with Crippen LogP contribution in [0.5, 0.6) is 0 Å². The van der Waals surface area contributed by atoms with Gasteiger partial charge in [0.2, 0.25) is 0 Å². The average molecular weight is 361 g/mol. The Morgan fingerprint density at radius 2 is 1.85 bits per heavy atom. The Hall–Kier alpha value is -2.95. The first kappa shape index (κ1) is 17.5. The molecule has 0 bridgehead atoms. The summed E-state index contributed by atoms with van der Waals surface area (Å²) in [5.41, 5.74) is 3.56. The van der Waals surface area contributed by atoms with Gasteiger partial charge in [-0.2, -0.15) is 5.10 Å². The largest absolute Gasteiger partial charge is 0.321 e. The first-order valence-corrected chi connectivity index (χ1v) is 9.46. The van der Waals surface area contributed by atoms with E-state index in [1.165, 1.54) is 22.2 Å². The predicted octanol–water partition coefficient (Wildman–Crippen LogP) is 3.79. The molecule has 0 fully saturated rings. The van der Waals surface area contributed by atoms with Gasteiger partial charge in [-0.3, -0.25) is 9.59 Å². The van der Waals surface area contributed by atoms with Crippen molar-refractivity contribution < 1.29 is 4.79 Å². The number of nitrogens with zero attached hydrogens (tertiary/aromatic N) is 2. The molecule has 1 aromatic heterocycles. The summed E-state index contributed by atoms with van der Waals surface area (Å²) in [7, 11) is 0. The minimum absolute atomic E-state index is 0.159. The van der Waals surface area contributed by atoms with Gasteiger partial charge in [-0.05, 0) is 54.5 Å². The quantitative estimate of drug-likeness (QED) is 0.769. The van der Waals surface area contributed by atoms with E-state index < -0.39 is 0 Å². The molecule has 5 heteroatoms. The second-order valence-electron chi connectivity index (χ2n) is 7.57. The molecule has 0 saturated carbocycles. The van der Waals surface area contributed by atoms with Crippen LogP contribution < -0.4 is 10.9 Å². The van der Waals surface area contributed by atoms with Gasteiger partial charge >= 0.3 is 0 Å². The van der Waals surface area contributed by atoms with Crippen LogP contribution in [0.15, 0.2) is 47.3 Å². The van der Waals surface area contributed by atoms with Crippen LogP contribution in [-0.4, -0.2) is 15.7 Å². The Balaban J connectivity index is 1.74. The lowest BCUT2D eigenvalue weighted by Gasteiger charge is -2.13. The molecular formula is C22H23N3O2. The molecule has 27 heavy (non-hydrogen) atoms. The van der Waals surface area contributed by atoms with Gasteiger partial charge in [0, 0.05) is 17.6 Å². The molecule has 1 heterocycles. The number of nitrogens with one attached hydrogen (secondary N) is 1. The number of carbonyl (C=O) groups is 1. The summed E-state index contributed by atoms with van der Waals surface area (Å²) in [6, 6.07) is 13.2. The van der Waals surface area contributed by atoms with E-state index >= 15 is 0 Å². The van der Waals surface area contributed by atoms with E-state index in [9.17, 15) is 9.59 Å². The third kappa shape index (κ3) is 3.37. The molecule has 0 unspecified atom stereocenters. The lowest BCUT2D eigenvalue weighted by molar-refractivity contribution is 0.102. The highest BCUT2D eigenvalue weighted by Crippen LogP contribution is 2.25. The molecule has 2 aromatic carbocycles. The van der Waals surface area contributed by atoms with Crippen molar-refractivity contribution >= 4 is 22.4 Å². The highest BCUT2D eigenvalue weighted by atomic mass is 16.2. The van der Waals surface area contributed by atoms with E-state index in [0.29, 0.717) is 17.3 Å². The number of benzene rings is 2. The molecule has 1 aliphatic carbocycles. The van der Waals surface area contributed by atoms with Gasteiger partial charge < -0.3 is 5.32 Å². The third-order valence-corrected chi connectivity index (χ3v) is 4.98. The molecule has 4 rings (SSSR count). The van der Waals surface area contributed by atoms with Crippen molar-refractivity contribution in [3.05, 3.63) is 69.6 Å². The molecule has 0 aliphatic heterocycles. The molecule has 0 atom stereocenters. The Morgan fingerprint density at radius 1 is 1.11 bits per heavy atom. The second kappa shape index (κ2) is 6.99. The first-order chi connectivity index (χ1) is 13.0. The van der Waals surface area contributed by atoms with Crippen molar-refractivity contribution in [2.45, 2.75) is 39.7 Å². The Bertz CT molecular complexity index is 1080. The maximum absolute atomic E-state index is 13.0. The summed E-state index contributed by atoms with van der Waals surface area (Å²) in [4.78, 5) is 25.7. The van der Waals surface area contributed by atoms with E-state index in [4.69, 9.17) is 0 Å². The second-order valence-corrected chi connectivity index (χ2v) is 7.57. The van der Waals surface area contributed by atoms with Crippen LogP contribution in [0.4, 0.5) is 5.69 Å². The van der Waals surface area contributed by atoms with Crippen molar-refractivity contribution in [1.29, 1.82) is 0 Å². The fourth-order valence-electron chi connectivity index (χ4n) is 3.71. The van der Waals surface area contributed by atoms with Gasteiger partial charge in [-0.15, -0.1) is 0 Å². The van der Waals surface area contributed by atoms with E-state index in [2.05, 4.69) is 16.5 Å². The highest BCUT2D eigenvalue weighted by Gasteiger charge is 2.18. The fourth-order valence-corrected chi connectivity index (χ4v) is 3.71. The lowest BCUT2D eigenvalue weighted by Crippen LogP contribution is -2.29. The van der Waals surface area contributed by atoms with E-state index in [1.54, 1.807) is 12.1 Å². The number of rotatable bonds is 4. The van der Waals surface area contributed by atoms with Crippen LogP contribution in [0, 0.1) is 5.92 Å². The topological polar surface area (TPSA) is 64.0 Å². The molecular weight excluding hydrogens is 338 g/mol. The van der Waals surface area contributed by atoms with Gasteiger partial charge in [0.1, 0.15) is 0 Å². The third-order valence-electron chi connectivity index (χ3n) is 4.98. The van der Waals surface area contributed by atoms with Crippen molar-refractivity contribution in [3.63, 3.8) is 0 Å². The summed E-state index contributed by atoms with van der Waals surface area (Å²) in [5.74, 6) is -0.0364. The minimum Gasteiger partial charge on any atom is -0.321 e. The molecule has 1 N–H and O–H groups in total. The maximum Gasteiger partial charge on any atom is 0.276 e. The zero-order chi connectivity index (χ0) is 19.0. The van der Waals surface area contributed by atoms with Gasteiger partial charge in [-0.1, -0.05) is 38.1 Å². The van der Waals surface area contributed by atoms with Crippen LogP contribution in [0.2, 0.25) is 0 Å². The Morgan fingerprint density at radius 3 is 2.63 bits per heavy atom. The molecule has 5 nitrogen and oxygen atoms in total. The fraction of sp³-hybridized carbons (Fsp3) is 0.318. The number of aromatic nitrogens is 2. The summed E-state index contributed by atoms with van der Waals surface area (Å²) < 4.78 is 1.41. The monoisotopic (exact) mass is 361 g/mol. The van der Waals surface area contributed by atoms with Crippen molar-refractivity contribution in [2.75, 3.05) is 5.32 Å². The van der Waals surface area contributed by atoms with E-state index in [-0.39, 0.29) is 23.1 Å². The number of amides is 1. The number of aryl methyl sites for hydroxylation is 2. The summed E-state index contributed by atoms with van der Waals surface area (Å²) in [6.45, 7) is 4.52. The van der Waals surface area contributed by atoms with Gasteiger partial charge in [0.25, 0.3) is 11.5 Å². The van der Waals surface area contributed by atoms with Gasteiger partial charge in [-0.25, -0.2) is 4.68 Å². The summed E-state index contributed by atoms with van der Waals surface area (Å²) in [6.07, 6.45) is 3.33. The predicted molar refractivity (Wildman–Crippen MR) is 107 cm³/mol. The Kier molecular flexibility index (Phi) is 4.52. The van der Waals surface area contributed by atoms with Crippen LogP contribution in [-0.2, 0) is 19.4 Å². The van der Waals surface area contributed by atoms with E-state index in [0.717, 1.165) is 18.5 Å². The number of hydrogen-bond acceptors (Lipinski definition) is 3. The van der Waals surface area contributed by atoms with Gasteiger partial charge in [0.15, 0.2) is 5.69 Å². The standard InChI is InChI=1S/C22H23N3O2/c1-14(2)13-25-22(27)19-9-4-3-8-18(19)20(24-25)21(26)23-17-11-10-15-6-5-7-16(15)12-17/h3-4,8-12,14H,5-7,13H2,1-2H3,(H,23,26). The van der Waals surface area contributed by atoms with Crippen molar-refractivity contribution in [1.82, 2.24) is 9.78 Å². The Labute approximate surface area is 158 Å². The van der Waals surface area contributed by atoms with E-state index in [1.807, 2.05) is 38.1 Å².